The second kappa shape index (κ2) is 5.11. The summed E-state index contributed by atoms with van der Waals surface area (Å²) in [4.78, 5) is 30.4. The van der Waals surface area contributed by atoms with Crippen LogP contribution in [0.3, 0.4) is 0 Å². The molecule has 5 rings (SSSR count). The second-order valence-electron chi connectivity index (χ2n) is 6.31. The standard InChI is InChI=1S/C21H12ClNO2/c22-14-8-4-3-7-13(14)17-18-15(9-10-16(18)24)23-20-11-5-1-2-6-12(11)21(25)19(17)20/h1-8H,9-10H2. The Hall–Kier alpha value is -2.78. The van der Waals surface area contributed by atoms with Gasteiger partial charge in [-0.3, -0.25) is 14.6 Å². The third kappa shape index (κ3) is 1.90. The van der Waals surface area contributed by atoms with Crippen molar-refractivity contribution in [1.82, 2.24) is 4.98 Å². The molecule has 2 aliphatic carbocycles. The summed E-state index contributed by atoms with van der Waals surface area (Å²) in [5.74, 6) is -0.0560. The first-order chi connectivity index (χ1) is 12.2. The van der Waals surface area contributed by atoms with Gasteiger partial charge < -0.3 is 0 Å². The third-order valence-electron chi connectivity index (χ3n) is 4.94. The Balaban J connectivity index is 1.94. The Morgan fingerprint density at radius 2 is 1.44 bits per heavy atom. The first-order valence-electron chi connectivity index (χ1n) is 8.16. The fourth-order valence-corrected chi connectivity index (χ4v) is 4.07. The number of Topliss-reactive ketones (excluding diaryl/α,β-unsaturated/α-hetero) is 1. The van der Waals surface area contributed by atoms with Crippen molar-refractivity contribution in [1.29, 1.82) is 0 Å². The minimum atomic E-state index is -0.0875. The van der Waals surface area contributed by atoms with Gasteiger partial charge in [0.25, 0.3) is 0 Å². The molecule has 0 amide bonds. The summed E-state index contributed by atoms with van der Waals surface area (Å²) in [6.45, 7) is 0. The SMILES string of the molecule is O=C1CCc2nc3c(c(-c4ccccc4Cl)c21)C(=O)c1ccccc1-3. The van der Waals surface area contributed by atoms with Crippen LogP contribution in [0.15, 0.2) is 48.5 Å². The van der Waals surface area contributed by atoms with Gasteiger partial charge in [0.2, 0.25) is 0 Å². The summed E-state index contributed by atoms with van der Waals surface area (Å²) in [5.41, 5.74) is 5.33. The molecule has 0 radical (unpaired) electrons. The number of carbonyl (C=O) groups is 2. The number of aryl methyl sites for hydroxylation is 1. The summed E-state index contributed by atoms with van der Waals surface area (Å²) in [5, 5.41) is 0.529. The topological polar surface area (TPSA) is 47.0 Å². The molecule has 1 heterocycles. The molecular weight excluding hydrogens is 334 g/mol. The van der Waals surface area contributed by atoms with E-state index in [1.807, 2.05) is 42.5 Å². The zero-order valence-electron chi connectivity index (χ0n) is 13.2. The number of fused-ring (bicyclic) bond motifs is 4. The van der Waals surface area contributed by atoms with Crippen LogP contribution in [-0.4, -0.2) is 16.6 Å². The lowest BCUT2D eigenvalue weighted by atomic mass is 9.92. The van der Waals surface area contributed by atoms with Crippen LogP contribution in [0, 0.1) is 0 Å². The number of aromatic nitrogens is 1. The van der Waals surface area contributed by atoms with Crippen LogP contribution in [-0.2, 0) is 6.42 Å². The van der Waals surface area contributed by atoms with E-state index in [4.69, 9.17) is 16.6 Å². The maximum absolute atomic E-state index is 13.1. The molecule has 120 valence electrons. The van der Waals surface area contributed by atoms with E-state index in [1.54, 1.807) is 6.07 Å². The number of hydrogen-bond acceptors (Lipinski definition) is 3. The van der Waals surface area contributed by atoms with Gasteiger partial charge in [-0.05, 0) is 12.5 Å². The maximum atomic E-state index is 13.1. The monoisotopic (exact) mass is 345 g/mol. The van der Waals surface area contributed by atoms with Crippen molar-refractivity contribution in [2.45, 2.75) is 12.8 Å². The first-order valence-corrected chi connectivity index (χ1v) is 8.53. The number of hydrogen-bond donors (Lipinski definition) is 0. The third-order valence-corrected chi connectivity index (χ3v) is 5.27. The Labute approximate surface area is 149 Å². The quantitative estimate of drug-likeness (QED) is 0.500. The zero-order valence-corrected chi connectivity index (χ0v) is 13.9. The summed E-state index contributed by atoms with van der Waals surface area (Å²) in [6, 6.07) is 14.8. The molecule has 0 atom stereocenters. The van der Waals surface area contributed by atoms with Crippen LogP contribution < -0.4 is 0 Å². The molecule has 25 heavy (non-hydrogen) atoms. The molecule has 0 unspecified atom stereocenters. The van der Waals surface area contributed by atoms with E-state index in [-0.39, 0.29) is 11.6 Å². The van der Waals surface area contributed by atoms with E-state index in [0.29, 0.717) is 45.8 Å². The highest BCUT2D eigenvalue weighted by Gasteiger charge is 2.37. The largest absolute Gasteiger partial charge is 0.294 e. The number of pyridine rings is 1. The van der Waals surface area contributed by atoms with Crippen LogP contribution in [0.1, 0.15) is 38.4 Å². The Morgan fingerprint density at radius 1 is 0.760 bits per heavy atom. The van der Waals surface area contributed by atoms with Gasteiger partial charge in [0.1, 0.15) is 0 Å². The van der Waals surface area contributed by atoms with Crippen LogP contribution in [0.25, 0.3) is 22.4 Å². The van der Waals surface area contributed by atoms with E-state index in [9.17, 15) is 9.59 Å². The molecule has 0 saturated carbocycles. The molecule has 2 aliphatic rings. The summed E-state index contributed by atoms with van der Waals surface area (Å²) in [7, 11) is 0. The molecule has 2 aromatic carbocycles. The molecule has 0 bridgehead atoms. The van der Waals surface area contributed by atoms with Gasteiger partial charge in [0, 0.05) is 39.3 Å². The van der Waals surface area contributed by atoms with Gasteiger partial charge >= 0.3 is 0 Å². The van der Waals surface area contributed by atoms with Crippen LogP contribution in [0.2, 0.25) is 5.02 Å². The number of nitrogens with zero attached hydrogens (tertiary/aromatic N) is 1. The molecule has 3 aromatic rings. The predicted molar refractivity (Wildman–Crippen MR) is 96.2 cm³/mol. The minimum Gasteiger partial charge on any atom is -0.294 e. The van der Waals surface area contributed by atoms with Gasteiger partial charge in [-0.15, -0.1) is 0 Å². The number of benzene rings is 2. The van der Waals surface area contributed by atoms with Crippen molar-refractivity contribution in [3.05, 3.63) is 75.9 Å². The van der Waals surface area contributed by atoms with Crippen molar-refractivity contribution < 1.29 is 9.59 Å². The highest BCUT2D eigenvalue weighted by molar-refractivity contribution is 6.35. The van der Waals surface area contributed by atoms with Gasteiger partial charge in [0.15, 0.2) is 11.6 Å². The Bertz CT molecular complexity index is 1100. The van der Waals surface area contributed by atoms with E-state index < -0.39 is 0 Å². The van der Waals surface area contributed by atoms with Gasteiger partial charge in [-0.1, -0.05) is 54.1 Å². The van der Waals surface area contributed by atoms with E-state index in [0.717, 1.165) is 16.8 Å². The Kier molecular flexibility index (Phi) is 2.97. The maximum Gasteiger partial charge on any atom is 0.196 e. The molecule has 0 N–H and O–H groups in total. The smallest absolute Gasteiger partial charge is 0.196 e. The fourth-order valence-electron chi connectivity index (χ4n) is 3.84. The van der Waals surface area contributed by atoms with Gasteiger partial charge in [-0.25, -0.2) is 0 Å². The average molecular weight is 346 g/mol. The Morgan fingerprint density at radius 3 is 2.20 bits per heavy atom. The molecule has 0 aliphatic heterocycles. The lowest BCUT2D eigenvalue weighted by Crippen LogP contribution is -2.06. The van der Waals surface area contributed by atoms with Crippen molar-refractivity contribution >= 4 is 23.2 Å². The number of carbonyl (C=O) groups excluding carboxylic acids is 2. The van der Waals surface area contributed by atoms with Crippen LogP contribution >= 0.6 is 11.6 Å². The molecule has 3 nitrogen and oxygen atoms in total. The van der Waals surface area contributed by atoms with Gasteiger partial charge in [0.05, 0.1) is 17.0 Å². The zero-order chi connectivity index (χ0) is 17.1. The predicted octanol–water partition coefficient (Wildman–Crippen LogP) is 4.74. The molecule has 4 heteroatoms. The minimum absolute atomic E-state index is 0.0315. The number of rotatable bonds is 1. The van der Waals surface area contributed by atoms with Crippen molar-refractivity contribution in [2.24, 2.45) is 0 Å². The van der Waals surface area contributed by atoms with Crippen molar-refractivity contribution in [3.63, 3.8) is 0 Å². The highest BCUT2D eigenvalue weighted by atomic mass is 35.5. The normalized spacial score (nSPS) is 14.4. The lowest BCUT2D eigenvalue weighted by molar-refractivity contribution is 0.0995. The van der Waals surface area contributed by atoms with Crippen molar-refractivity contribution in [3.8, 4) is 22.4 Å². The number of ketones is 2. The van der Waals surface area contributed by atoms with E-state index in [2.05, 4.69) is 0 Å². The van der Waals surface area contributed by atoms with Crippen LogP contribution in [0.5, 0.6) is 0 Å². The average Bonchev–Trinajstić information content (AvgIpc) is 3.14. The molecule has 0 saturated heterocycles. The lowest BCUT2D eigenvalue weighted by Gasteiger charge is -2.14. The second-order valence-corrected chi connectivity index (χ2v) is 6.72. The van der Waals surface area contributed by atoms with E-state index in [1.165, 1.54) is 0 Å². The van der Waals surface area contributed by atoms with Gasteiger partial charge in [-0.2, -0.15) is 0 Å². The first kappa shape index (κ1) is 14.6. The summed E-state index contributed by atoms with van der Waals surface area (Å²) < 4.78 is 0. The molecule has 1 aromatic heterocycles. The summed E-state index contributed by atoms with van der Waals surface area (Å²) >= 11 is 6.43. The van der Waals surface area contributed by atoms with Crippen molar-refractivity contribution in [2.75, 3.05) is 0 Å². The number of halogens is 1. The highest BCUT2D eigenvalue weighted by Crippen LogP contribution is 2.46. The summed E-state index contributed by atoms with van der Waals surface area (Å²) in [6.07, 6.45) is 1.04. The molecule has 0 spiro atoms. The van der Waals surface area contributed by atoms with Crippen LogP contribution in [0.4, 0.5) is 0 Å². The molecule has 0 fully saturated rings. The van der Waals surface area contributed by atoms with E-state index >= 15 is 0 Å². The fraction of sp³-hybridized carbons (Fsp3) is 0.0952. The molecular formula is C21H12ClNO2.